The Hall–Kier alpha value is -3.59. The molecule has 2 aromatic rings. The third-order valence-corrected chi connectivity index (χ3v) is 6.20. The summed E-state index contributed by atoms with van der Waals surface area (Å²) < 4.78 is 59.6. The molecule has 1 aromatic heterocycles. The second-order valence-electron chi connectivity index (χ2n) is 7.73. The minimum atomic E-state index is -4.88. The summed E-state index contributed by atoms with van der Waals surface area (Å²) in [5, 5.41) is 8.85. The van der Waals surface area contributed by atoms with Crippen LogP contribution in [0.5, 0.6) is 0 Å². The smallest absolute Gasteiger partial charge is 0.419 e. The normalized spacial score (nSPS) is 17.1. The fraction of sp³-hybridized carbons (Fsp3) is 0.318. The van der Waals surface area contributed by atoms with Crippen LogP contribution in [0.25, 0.3) is 0 Å². The van der Waals surface area contributed by atoms with Gasteiger partial charge in [0.15, 0.2) is 10.8 Å². The molecule has 1 aromatic carbocycles. The van der Waals surface area contributed by atoms with Crippen molar-refractivity contribution in [1.82, 2.24) is 4.98 Å². The Bertz CT molecular complexity index is 1250. The molecule has 34 heavy (non-hydrogen) atoms. The summed E-state index contributed by atoms with van der Waals surface area (Å²) in [4.78, 5) is 31.6. The van der Waals surface area contributed by atoms with Gasteiger partial charge in [-0.05, 0) is 62.7 Å². The van der Waals surface area contributed by atoms with Crippen molar-refractivity contribution in [2.24, 2.45) is 0 Å². The van der Waals surface area contributed by atoms with Crippen molar-refractivity contribution in [2.45, 2.75) is 37.9 Å². The van der Waals surface area contributed by atoms with E-state index in [1.54, 1.807) is 6.92 Å². The molecule has 1 aliphatic carbocycles. The number of esters is 1. The lowest BCUT2D eigenvalue weighted by Gasteiger charge is -2.43. The quantitative estimate of drug-likeness (QED) is 0.356. The van der Waals surface area contributed by atoms with E-state index in [0.717, 1.165) is 17.2 Å². The first kappa shape index (κ1) is 23.6. The molecule has 0 unspecified atom stereocenters. The minimum Gasteiger partial charge on any atom is -0.462 e. The number of halogens is 4. The van der Waals surface area contributed by atoms with Crippen LogP contribution in [0.3, 0.4) is 0 Å². The monoisotopic (exact) mass is 492 g/mol. The predicted octanol–water partition coefficient (Wildman–Crippen LogP) is 4.35. The van der Waals surface area contributed by atoms with Crippen molar-refractivity contribution in [3.63, 3.8) is 0 Å². The number of nitriles is 1. The van der Waals surface area contributed by atoms with Gasteiger partial charge in [-0.25, -0.2) is 14.2 Å². The first-order valence-electron chi connectivity index (χ1n) is 10.2. The molecule has 4 rings (SSSR count). The lowest BCUT2D eigenvalue weighted by molar-refractivity contribution is -0.138. The van der Waals surface area contributed by atoms with E-state index >= 15 is 0 Å². The van der Waals surface area contributed by atoms with Crippen LogP contribution >= 0.6 is 12.2 Å². The molecule has 0 atom stereocenters. The summed E-state index contributed by atoms with van der Waals surface area (Å²) in [5.41, 5.74) is -3.70. The minimum absolute atomic E-state index is 0.0219. The zero-order chi connectivity index (χ0) is 24.8. The van der Waals surface area contributed by atoms with E-state index in [0.29, 0.717) is 25.3 Å². The van der Waals surface area contributed by atoms with E-state index in [1.807, 2.05) is 0 Å². The van der Waals surface area contributed by atoms with Crippen LogP contribution in [0.4, 0.5) is 28.9 Å². The van der Waals surface area contributed by atoms with Crippen molar-refractivity contribution >= 4 is 40.6 Å². The Morgan fingerprint density at radius 1 is 1.29 bits per heavy atom. The van der Waals surface area contributed by atoms with E-state index in [9.17, 15) is 27.2 Å². The number of pyridine rings is 1. The Morgan fingerprint density at radius 3 is 2.56 bits per heavy atom. The third kappa shape index (κ3) is 3.56. The predicted molar refractivity (Wildman–Crippen MR) is 115 cm³/mol. The van der Waals surface area contributed by atoms with Crippen molar-refractivity contribution in [3.8, 4) is 6.07 Å². The summed E-state index contributed by atoms with van der Waals surface area (Å²) in [6.07, 6.45) is -2.54. The van der Waals surface area contributed by atoms with E-state index in [1.165, 1.54) is 23.1 Å². The van der Waals surface area contributed by atoms with Crippen LogP contribution < -0.4 is 9.80 Å². The van der Waals surface area contributed by atoms with Gasteiger partial charge in [-0.2, -0.15) is 18.4 Å². The number of anilines is 2. The molecule has 0 N–H and O–H groups in total. The highest BCUT2D eigenvalue weighted by Crippen LogP contribution is 2.48. The number of hydrogen-bond donors (Lipinski definition) is 0. The number of hydrogen-bond acceptors (Lipinski definition) is 6. The molecule has 1 saturated heterocycles. The number of carbonyl (C=O) groups is 2. The molecule has 7 nitrogen and oxygen atoms in total. The summed E-state index contributed by atoms with van der Waals surface area (Å²) >= 11 is 5.49. The lowest BCUT2D eigenvalue weighted by atomic mass is 9.75. The van der Waals surface area contributed by atoms with Gasteiger partial charge in [0.05, 0.1) is 29.6 Å². The highest BCUT2D eigenvalue weighted by atomic mass is 32.1. The highest BCUT2D eigenvalue weighted by Gasteiger charge is 2.60. The zero-order valence-electron chi connectivity index (χ0n) is 17.6. The van der Waals surface area contributed by atoms with Crippen LogP contribution in [0, 0.1) is 17.1 Å². The Kier molecular flexibility index (Phi) is 5.77. The lowest BCUT2D eigenvalue weighted by Crippen LogP contribution is -2.55. The van der Waals surface area contributed by atoms with Gasteiger partial charge in [0, 0.05) is 5.69 Å². The first-order chi connectivity index (χ1) is 16.0. The topological polar surface area (TPSA) is 86.5 Å². The number of alkyl halides is 3. The van der Waals surface area contributed by atoms with Crippen molar-refractivity contribution < 1.29 is 31.9 Å². The summed E-state index contributed by atoms with van der Waals surface area (Å²) in [5.74, 6) is -2.29. The van der Waals surface area contributed by atoms with E-state index in [-0.39, 0.29) is 28.7 Å². The maximum absolute atomic E-state index is 14.3. The molecule has 176 valence electrons. The average Bonchev–Trinajstić information content (AvgIpc) is 3.00. The molecule has 1 spiro atoms. The fourth-order valence-electron chi connectivity index (χ4n) is 4.11. The SMILES string of the molecule is CCOC(=O)c1cc(N2C(=S)N(c3cnc(C#N)c(C(F)(F)F)c3)C(=O)C23CCC3)ccc1F. The van der Waals surface area contributed by atoms with Gasteiger partial charge in [0.1, 0.15) is 17.4 Å². The van der Waals surface area contributed by atoms with Gasteiger partial charge < -0.3 is 9.64 Å². The first-order valence-corrected chi connectivity index (χ1v) is 10.6. The van der Waals surface area contributed by atoms with E-state index in [4.69, 9.17) is 22.2 Å². The van der Waals surface area contributed by atoms with Crippen molar-refractivity contribution in [3.05, 3.63) is 53.1 Å². The summed E-state index contributed by atoms with van der Waals surface area (Å²) in [7, 11) is 0. The Morgan fingerprint density at radius 2 is 2.00 bits per heavy atom. The second kappa shape index (κ2) is 8.32. The molecule has 0 radical (unpaired) electrons. The molecular weight excluding hydrogens is 476 g/mol. The van der Waals surface area contributed by atoms with E-state index in [2.05, 4.69) is 4.98 Å². The van der Waals surface area contributed by atoms with Crippen LogP contribution in [-0.4, -0.2) is 34.1 Å². The van der Waals surface area contributed by atoms with Crippen LogP contribution in [0.1, 0.15) is 47.8 Å². The molecule has 2 aliphatic rings. The second-order valence-corrected chi connectivity index (χ2v) is 8.09. The standard InChI is InChI=1S/C22H16F4N4O3S/c1-2-33-18(31)14-8-12(4-5-16(14)23)30-20(34)29(19(32)21(30)6-3-7-21)13-9-15(22(24,25)26)17(10-27)28-11-13/h4-5,8-9,11H,2-3,6-7H2,1H3. The Labute approximate surface area is 196 Å². The Balaban J connectivity index is 1.81. The van der Waals surface area contributed by atoms with Gasteiger partial charge >= 0.3 is 12.1 Å². The highest BCUT2D eigenvalue weighted by molar-refractivity contribution is 7.81. The molecule has 2 fully saturated rings. The number of ether oxygens (including phenoxy) is 1. The maximum Gasteiger partial charge on any atom is 0.419 e. The number of amides is 1. The van der Waals surface area contributed by atoms with Crippen LogP contribution in [0.15, 0.2) is 30.5 Å². The van der Waals surface area contributed by atoms with Crippen LogP contribution in [-0.2, 0) is 15.7 Å². The molecule has 1 aliphatic heterocycles. The molecule has 2 heterocycles. The molecule has 1 saturated carbocycles. The van der Waals surface area contributed by atoms with Gasteiger partial charge in [-0.1, -0.05) is 0 Å². The molecule has 0 bridgehead atoms. The van der Waals surface area contributed by atoms with Crippen molar-refractivity contribution in [1.29, 1.82) is 5.26 Å². The number of rotatable bonds is 4. The largest absolute Gasteiger partial charge is 0.462 e. The van der Waals surface area contributed by atoms with Crippen LogP contribution in [0.2, 0.25) is 0 Å². The van der Waals surface area contributed by atoms with Crippen molar-refractivity contribution in [2.75, 3.05) is 16.4 Å². The van der Waals surface area contributed by atoms with Gasteiger partial charge in [0.2, 0.25) is 0 Å². The number of benzene rings is 1. The molecule has 1 amide bonds. The maximum atomic E-state index is 14.3. The molecule has 12 heteroatoms. The fourth-order valence-corrected chi connectivity index (χ4v) is 4.58. The number of carbonyl (C=O) groups excluding carboxylic acids is 2. The number of aromatic nitrogens is 1. The molecular formula is C22H16F4N4O3S. The number of thiocarbonyl (C=S) groups is 1. The number of nitrogens with zero attached hydrogens (tertiary/aromatic N) is 4. The summed E-state index contributed by atoms with van der Waals surface area (Å²) in [6, 6.07) is 5.62. The average molecular weight is 492 g/mol. The van der Waals surface area contributed by atoms with Gasteiger partial charge in [-0.3, -0.25) is 9.69 Å². The van der Waals surface area contributed by atoms with Gasteiger partial charge in [0.25, 0.3) is 5.91 Å². The summed E-state index contributed by atoms with van der Waals surface area (Å²) in [6.45, 7) is 1.59. The zero-order valence-corrected chi connectivity index (χ0v) is 18.5. The van der Waals surface area contributed by atoms with E-state index < -0.39 is 40.7 Å². The van der Waals surface area contributed by atoms with Gasteiger partial charge in [-0.15, -0.1) is 0 Å². The third-order valence-electron chi connectivity index (χ3n) is 5.84.